The summed E-state index contributed by atoms with van der Waals surface area (Å²) in [6, 6.07) is 19.8. The Bertz CT molecular complexity index is 1280. The van der Waals surface area contributed by atoms with Crippen molar-refractivity contribution in [2.24, 2.45) is 0 Å². The molecule has 7 nitrogen and oxygen atoms in total. The second-order valence-electron chi connectivity index (χ2n) is 6.73. The molecule has 4 aromatic rings. The normalized spacial score (nSPS) is 10.6. The topological polar surface area (TPSA) is 97.2 Å². The van der Waals surface area contributed by atoms with Gasteiger partial charge in [0.25, 0.3) is 11.6 Å². The zero-order valence-corrected chi connectivity index (χ0v) is 17.9. The fraction of sp³-hybridized carbons (Fsp3) is 0.0455. The van der Waals surface area contributed by atoms with Gasteiger partial charge in [-0.25, -0.2) is 4.98 Å². The SMILES string of the molecule is Cc1ccc(C(=O)NC(=S)Nc2ccc(-c3nc4ccccc4s3)cc2)cc1[N+](=O)[O-]. The summed E-state index contributed by atoms with van der Waals surface area (Å²) in [5, 5.41) is 17.6. The predicted molar refractivity (Wildman–Crippen MR) is 127 cm³/mol. The summed E-state index contributed by atoms with van der Waals surface area (Å²) in [5.74, 6) is -0.522. The number of carbonyl (C=O) groups is 1. The number of amides is 1. The highest BCUT2D eigenvalue weighted by atomic mass is 32.1. The second-order valence-corrected chi connectivity index (χ2v) is 8.17. The van der Waals surface area contributed by atoms with E-state index < -0.39 is 10.8 Å². The van der Waals surface area contributed by atoms with Crippen molar-refractivity contribution in [3.05, 3.63) is 88.0 Å². The molecule has 1 aromatic heterocycles. The van der Waals surface area contributed by atoms with Gasteiger partial charge in [-0.2, -0.15) is 0 Å². The lowest BCUT2D eigenvalue weighted by Gasteiger charge is -2.10. The Hall–Kier alpha value is -3.69. The zero-order valence-electron chi connectivity index (χ0n) is 16.3. The van der Waals surface area contributed by atoms with Crippen LogP contribution in [0.15, 0.2) is 66.7 Å². The van der Waals surface area contributed by atoms with Gasteiger partial charge in [0, 0.05) is 28.4 Å². The first kappa shape index (κ1) is 20.6. The van der Waals surface area contributed by atoms with Crippen LogP contribution >= 0.6 is 23.6 Å². The second kappa shape index (κ2) is 8.58. The first-order valence-electron chi connectivity index (χ1n) is 9.24. The number of thiazole rings is 1. The van der Waals surface area contributed by atoms with Gasteiger partial charge in [-0.05, 0) is 61.6 Å². The van der Waals surface area contributed by atoms with E-state index in [9.17, 15) is 14.9 Å². The number of para-hydroxylation sites is 1. The van der Waals surface area contributed by atoms with Crippen molar-refractivity contribution < 1.29 is 9.72 Å². The highest BCUT2D eigenvalue weighted by Crippen LogP contribution is 2.30. The van der Waals surface area contributed by atoms with Gasteiger partial charge in [0.05, 0.1) is 15.1 Å². The molecule has 31 heavy (non-hydrogen) atoms. The number of rotatable bonds is 4. The molecule has 0 atom stereocenters. The van der Waals surface area contributed by atoms with Gasteiger partial charge in [0.2, 0.25) is 0 Å². The third-order valence-corrected chi connectivity index (χ3v) is 5.87. The molecule has 1 amide bonds. The van der Waals surface area contributed by atoms with Gasteiger partial charge in [-0.3, -0.25) is 20.2 Å². The van der Waals surface area contributed by atoms with Gasteiger partial charge in [-0.1, -0.05) is 18.2 Å². The fourth-order valence-electron chi connectivity index (χ4n) is 2.98. The Morgan fingerprint density at radius 2 is 1.84 bits per heavy atom. The molecule has 2 N–H and O–H groups in total. The number of aryl methyl sites for hydroxylation is 1. The number of hydrogen-bond acceptors (Lipinski definition) is 6. The van der Waals surface area contributed by atoms with E-state index in [1.54, 1.807) is 18.3 Å². The number of benzene rings is 3. The number of nitro benzene ring substituents is 1. The van der Waals surface area contributed by atoms with Gasteiger partial charge in [-0.15, -0.1) is 11.3 Å². The number of carbonyl (C=O) groups excluding carboxylic acids is 1. The van der Waals surface area contributed by atoms with Crippen molar-refractivity contribution in [1.29, 1.82) is 0 Å². The number of anilines is 1. The van der Waals surface area contributed by atoms with Crippen molar-refractivity contribution in [2.75, 3.05) is 5.32 Å². The van der Waals surface area contributed by atoms with Crippen molar-refractivity contribution in [3.8, 4) is 10.6 Å². The summed E-state index contributed by atoms with van der Waals surface area (Å²) in [5.41, 5.74) is 3.17. The van der Waals surface area contributed by atoms with Crippen molar-refractivity contribution in [2.45, 2.75) is 6.92 Å². The summed E-state index contributed by atoms with van der Waals surface area (Å²) >= 11 is 6.82. The summed E-state index contributed by atoms with van der Waals surface area (Å²) in [7, 11) is 0. The summed E-state index contributed by atoms with van der Waals surface area (Å²) in [6.07, 6.45) is 0. The van der Waals surface area contributed by atoms with Crippen LogP contribution in [0, 0.1) is 17.0 Å². The average Bonchev–Trinajstić information content (AvgIpc) is 3.18. The minimum absolute atomic E-state index is 0.0981. The van der Waals surface area contributed by atoms with Crippen molar-refractivity contribution >= 4 is 56.2 Å². The van der Waals surface area contributed by atoms with Crippen LogP contribution in [-0.4, -0.2) is 20.9 Å². The van der Waals surface area contributed by atoms with E-state index in [0.717, 1.165) is 20.8 Å². The van der Waals surface area contributed by atoms with Crippen LogP contribution in [0.4, 0.5) is 11.4 Å². The van der Waals surface area contributed by atoms with E-state index in [1.807, 2.05) is 48.5 Å². The highest BCUT2D eigenvalue weighted by Gasteiger charge is 2.16. The Balaban J connectivity index is 1.42. The molecule has 0 bridgehead atoms. The van der Waals surface area contributed by atoms with Crippen LogP contribution in [0.25, 0.3) is 20.8 Å². The van der Waals surface area contributed by atoms with Crippen LogP contribution in [0.2, 0.25) is 0 Å². The number of nitro groups is 1. The molecule has 4 rings (SSSR count). The molecule has 0 spiro atoms. The molecule has 1 heterocycles. The molecule has 3 aromatic carbocycles. The first-order chi connectivity index (χ1) is 14.9. The number of fused-ring (bicyclic) bond motifs is 1. The number of nitrogens with one attached hydrogen (secondary N) is 2. The maximum atomic E-state index is 12.4. The first-order valence-corrected chi connectivity index (χ1v) is 10.5. The third-order valence-electron chi connectivity index (χ3n) is 4.58. The molecule has 9 heteroatoms. The maximum absolute atomic E-state index is 12.4. The Morgan fingerprint density at radius 1 is 1.10 bits per heavy atom. The van der Waals surface area contributed by atoms with E-state index in [0.29, 0.717) is 11.3 Å². The molecule has 154 valence electrons. The van der Waals surface area contributed by atoms with E-state index in [1.165, 1.54) is 18.2 Å². The minimum Gasteiger partial charge on any atom is -0.332 e. The number of nitrogens with zero attached hydrogens (tertiary/aromatic N) is 2. The van der Waals surface area contributed by atoms with Crippen molar-refractivity contribution in [1.82, 2.24) is 10.3 Å². The van der Waals surface area contributed by atoms with Crippen LogP contribution in [0.1, 0.15) is 15.9 Å². The lowest BCUT2D eigenvalue weighted by Crippen LogP contribution is -2.34. The zero-order chi connectivity index (χ0) is 22.0. The standard InChI is InChI=1S/C22H16N4O3S2/c1-13-6-7-15(12-18(13)26(28)29)20(27)25-22(30)23-16-10-8-14(9-11-16)21-24-17-4-2-3-5-19(17)31-21/h2-12H,1H3,(H2,23,25,27,30). The molecule has 0 aliphatic heterocycles. The molecule has 0 saturated heterocycles. The minimum atomic E-state index is -0.522. The van der Waals surface area contributed by atoms with Crippen LogP contribution in [0.3, 0.4) is 0 Å². The molecule has 0 aliphatic rings. The molecule has 0 aliphatic carbocycles. The number of hydrogen-bond donors (Lipinski definition) is 2. The van der Waals surface area contributed by atoms with E-state index in [2.05, 4.69) is 15.6 Å². The lowest BCUT2D eigenvalue weighted by molar-refractivity contribution is -0.385. The Labute approximate surface area is 186 Å². The smallest absolute Gasteiger partial charge is 0.273 e. The van der Waals surface area contributed by atoms with Crippen LogP contribution < -0.4 is 10.6 Å². The van der Waals surface area contributed by atoms with Gasteiger partial charge < -0.3 is 5.32 Å². The van der Waals surface area contributed by atoms with E-state index >= 15 is 0 Å². The largest absolute Gasteiger partial charge is 0.332 e. The number of thiocarbonyl (C=S) groups is 1. The Morgan fingerprint density at radius 3 is 2.55 bits per heavy atom. The number of aromatic nitrogens is 1. The van der Waals surface area contributed by atoms with E-state index in [4.69, 9.17) is 12.2 Å². The molecule has 0 fully saturated rings. The van der Waals surface area contributed by atoms with Crippen LogP contribution in [0.5, 0.6) is 0 Å². The van der Waals surface area contributed by atoms with Crippen LogP contribution in [-0.2, 0) is 0 Å². The molecule has 0 saturated carbocycles. The Kier molecular flexibility index (Phi) is 5.70. The molecule has 0 unspecified atom stereocenters. The van der Waals surface area contributed by atoms with Gasteiger partial charge >= 0.3 is 0 Å². The summed E-state index contributed by atoms with van der Waals surface area (Å²) < 4.78 is 1.12. The third kappa shape index (κ3) is 4.57. The highest BCUT2D eigenvalue weighted by molar-refractivity contribution is 7.80. The monoisotopic (exact) mass is 448 g/mol. The van der Waals surface area contributed by atoms with Gasteiger partial charge in [0.15, 0.2) is 5.11 Å². The average molecular weight is 449 g/mol. The summed E-state index contributed by atoms with van der Waals surface area (Å²) in [6.45, 7) is 1.62. The molecular formula is C22H16N4O3S2. The summed E-state index contributed by atoms with van der Waals surface area (Å²) in [4.78, 5) is 27.6. The lowest BCUT2D eigenvalue weighted by atomic mass is 10.1. The van der Waals surface area contributed by atoms with E-state index in [-0.39, 0.29) is 16.4 Å². The quantitative estimate of drug-likeness (QED) is 0.250. The van der Waals surface area contributed by atoms with Gasteiger partial charge in [0.1, 0.15) is 5.01 Å². The maximum Gasteiger partial charge on any atom is 0.273 e. The molecule has 0 radical (unpaired) electrons. The molecular weight excluding hydrogens is 432 g/mol. The fourth-order valence-corrected chi connectivity index (χ4v) is 4.16. The van der Waals surface area contributed by atoms with Crippen molar-refractivity contribution in [3.63, 3.8) is 0 Å². The predicted octanol–water partition coefficient (Wildman–Crippen LogP) is 5.31.